The first-order valence-electron chi connectivity index (χ1n) is 14.3. The van der Waals surface area contributed by atoms with Crippen molar-refractivity contribution in [3.63, 3.8) is 0 Å². The third kappa shape index (κ3) is 7.93. The Labute approximate surface area is 223 Å². The summed E-state index contributed by atoms with van der Waals surface area (Å²) in [4.78, 5) is 32.2. The van der Waals surface area contributed by atoms with Gasteiger partial charge in [0.25, 0.3) is 0 Å². The van der Waals surface area contributed by atoms with Crippen molar-refractivity contribution in [2.24, 2.45) is 0 Å². The third-order valence-corrected chi connectivity index (χ3v) is 8.64. The minimum atomic E-state index is -0.0695. The van der Waals surface area contributed by atoms with Gasteiger partial charge in [0.2, 0.25) is 11.8 Å². The lowest BCUT2D eigenvalue weighted by molar-refractivity contribution is -0.143. The zero-order chi connectivity index (χ0) is 25.8. The fourth-order valence-electron chi connectivity index (χ4n) is 5.26. The molecule has 2 heterocycles. The monoisotopic (exact) mass is 510 g/mol. The van der Waals surface area contributed by atoms with Crippen molar-refractivity contribution in [3.05, 3.63) is 57.8 Å². The summed E-state index contributed by atoms with van der Waals surface area (Å²) in [6, 6.07) is 12.5. The molecule has 0 fully saturated rings. The number of thiophene rings is 1. The Bertz CT molecular complexity index is 926. The first-order valence-corrected chi connectivity index (χ1v) is 15.1. The van der Waals surface area contributed by atoms with Crippen LogP contribution in [0, 0.1) is 0 Å². The number of nitrogens with zero attached hydrogens (tertiary/aromatic N) is 2. The number of carbonyl (C=O) groups excluding carboxylic acids is 2. The van der Waals surface area contributed by atoms with Crippen LogP contribution in [0.5, 0.6) is 0 Å². The van der Waals surface area contributed by atoms with Crippen molar-refractivity contribution >= 4 is 23.2 Å². The number of amides is 2. The van der Waals surface area contributed by atoms with Crippen LogP contribution in [0.2, 0.25) is 0 Å². The molecular weight excluding hydrogens is 464 g/mol. The van der Waals surface area contributed by atoms with Gasteiger partial charge in [0, 0.05) is 23.9 Å². The summed E-state index contributed by atoms with van der Waals surface area (Å²) in [5, 5.41) is 2.13. The Morgan fingerprint density at radius 3 is 2.31 bits per heavy atom. The van der Waals surface area contributed by atoms with E-state index in [1.165, 1.54) is 55.4 Å². The van der Waals surface area contributed by atoms with E-state index in [0.717, 1.165) is 31.2 Å². The van der Waals surface area contributed by atoms with E-state index in [0.29, 0.717) is 13.0 Å². The Hall–Kier alpha value is -2.14. The highest BCUT2D eigenvalue weighted by Gasteiger charge is 2.34. The largest absolute Gasteiger partial charge is 0.331 e. The summed E-state index contributed by atoms with van der Waals surface area (Å²) in [6.07, 6.45) is 13.4. The zero-order valence-electron chi connectivity index (χ0n) is 22.7. The summed E-state index contributed by atoms with van der Waals surface area (Å²) in [5.74, 6) is 0.187. The van der Waals surface area contributed by atoms with Gasteiger partial charge in [-0.25, -0.2) is 0 Å². The average molecular weight is 511 g/mol. The normalized spacial score (nSPS) is 16.0. The van der Waals surface area contributed by atoms with Crippen molar-refractivity contribution in [2.45, 2.75) is 110 Å². The van der Waals surface area contributed by atoms with Crippen LogP contribution in [0.1, 0.15) is 113 Å². The lowest BCUT2D eigenvalue weighted by Crippen LogP contribution is -2.49. The summed E-state index contributed by atoms with van der Waals surface area (Å²) < 4.78 is 0. The van der Waals surface area contributed by atoms with Gasteiger partial charge < -0.3 is 9.80 Å². The Kier molecular flexibility index (Phi) is 12.0. The van der Waals surface area contributed by atoms with Crippen molar-refractivity contribution in [1.82, 2.24) is 9.80 Å². The number of carbonyl (C=O) groups is 2. The molecule has 0 aliphatic carbocycles. The average Bonchev–Trinajstić information content (AvgIpc) is 3.39. The molecule has 0 saturated carbocycles. The van der Waals surface area contributed by atoms with E-state index in [-0.39, 0.29) is 30.4 Å². The maximum absolute atomic E-state index is 13.7. The quantitative estimate of drug-likeness (QED) is 0.230. The summed E-state index contributed by atoms with van der Waals surface area (Å²) >= 11 is 1.78. The SMILES string of the molecule is CCCCCCCCCCCC(=O)N(CC(=O)N1CCc2sccc2C1c1ccccc1)C(C)CC. The van der Waals surface area contributed by atoms with Crippen molar-refractivity contribution in [1.29, 1.82) is 0 Å². The zero-order valence-corrected chi connectivity index (χ0v) is 23.5. The fourth-order valence-corrected chi connectivity index (χ4v) is 6.16. The van der Waals surface area contributed by atoms with E-state index < -0.39 is 0 Å². The highest BCUT2D eigenvalue weighted by atomic mass is 32.1. The smallest absolute Gasteiger partial charge is 0.243 e. The van der Waals surface area contributed by atoms with Crippen LogP contribution in [0.25, 0.3) is 0 Å². The van der Waals surface area contributed by atoms with Gasteiger partial charge in [-0.2, -0.15) is 0 Å². The standard InChI is InChI=1S/C31H46N2O2S/c1-4-6-7-8-9-10-11-12-16-19-29(34)33(25(3)5-2)24-30(35)32-22-20-28-27(21-23-36-28)31(32)26-17-14-13-15-18-26/h13-15,17-18,21,23,25,31H,4-12,16,19-20,22,24H2,1-3H3. The van der Waals surface area contributed by atoms with Crippen molar-refractivity contribution in [3.8, 4) is 0 Å². The maximum Gasteiger partial charge on any atom is 0.243 e. The predicted molar refractivity (Wildman–Crippen MR) is 151 cm³/mol. The van der Waals surface area contributed by atoms with Gasteiger partial charge >= 0.3 is 0 Å². The maximum atomic E-state index is 13.7. The summed E-state index contributed by atoms with van der Waals surface area (Å²) in [5.41, 5.74) is 2.38. The van der Waals surface area contributed by atoms with Gasteiger partial charge in [-0.15, -0.1) is 11.3 Å². The number of hydrogen-bond donors (Lipinski definition) is 0. The van der Waals surface area contributed by atoms with Crippen LogP contribution in [-0.2, 0) is 16.0 Å². The first kappa shape index (κ1) is 28.4. The molecule has 1 aromatic carbocycles. The number of unbranched alkanes of at least 4 members (excludes halogenated alkanes) is 8. The molecule has 5 heteroatoms. The highest BCUT2D eigenvalue weighted by molar-refractivity contribution is 7.10. The molecule has 2 atom stereocenters. The molecular formula is C31H46N2O2S. The van der Waals surface area contributed by atoms with E-state index in [1.807, 2.05) is 28.0 Å². The number of rotatable bonds is 15. The van der Waals surface area contributed by atoms with Crippen LogP contribution in [-0.4, -0.2) is 40.7 Å². The molecule has 0 saturated heterocycles. The van der Waals surface area contributed by atoms with E-state index in [1.54, 1.807) is 11.3 Å². The van der Waals surface area contributed by atoms with Gasteiger partial charge in [-0.1, -0.05) is 95.5 Å². The van der Waals surface area contributed by atoms with Gasteiger partial charge in [0.05, 0.1) is 6.04 Å². The molecule has 0 radical (unpaired) electrons. The van der Waals surface area contributed by atoms with Crippen LogP contribution >= 0.6 is 11.3 Å². The fraction of sp³-hybridized carbons (Fsp3) is 0.613. The van der Waals surface area contributed by atoms with E-state index in [4.69, 9.17) is 0 Å². The van der Waals surface area contributed by atoms with E-state index in [2.05, 4.69) is 44.4 Å². The molecule has 0 bridgehead atoms. The lowest BCUT2D eigenvalue weighted by atomic mass is 9.93. The van der Waals surface area contributed by atoms with Crippen LogP contribution in [0.15, 0.2) is 41.8 Å². The molecule has 3 rings (SSSR count). The molecule has 36 heavy (non-hydrogen) atoms. The predicted octanol–water partition coefficient (Wildman–Crippen LogP) is 7.77. The van der Waals surface area contributed by atoms with E-state index >= 15 is 0 Å². The number of hydrogen-bond acceptors (Lipinski definition) is 3. The number of fused-ring (bicyclic) bond motifs is 1. The molecule has 198 valence electrons. The molecule has 0 N–H and O–H groups in total. The number of benzene rings is 1. The molecule has 0 spiro atoms. The Morgan fingerprint density at radius 1 is 0.972 bits per heavy atom. The third-order valence-electron chi connectivity index (χ3n) is 7.64. The van der Waals surface area contributed by atoms with Gasteiger partial charge in [-0.3, -0.25) is 9.59 Å². The second kappa shape index (κ2) is 15.2. The van der Waals surface area contributed by atoms with Crippen LogP contribution < -0.4 is 0 Å². The molecule has 2 unspecified atom stereocenters. The van der Waals surface area contributed by atoms with Crippen LogP contribution in [0.3, 0.4) is 0 Å². The molecule has 1 aromatic heterocycles. The summed E-state index contributed by atoms with van der Waals surface area (Å²) in [7, 11) is 0. The van der Waals surface area contributed by atoms with Crippen LogP contribution in [0.4, 0.5) is 0 Å². The molecule has 1 aliphatic rings. The minimum absolute atomic E-state index is 0.0569. The first-order chi connectivity index (χ1) is 17.6. The molecule has 2 amide bonds. The highest BCUT2D eigenvalue weighted by Crippen LogP contribution is 2.37. The van der Waals surface area contributed by atoms with Gasteiger partial charge in [0.15, 0.2) is 0 Å². The minimum Gasteiger partial charge on any atom is -0.331 e. The van der Waals surface area contributed by atoms with Gasteiger partial charge in [-0.05, 0) is 48.8 Å². The second-order valence-electron chi connectivity index (χ2n) is 10.3. The van der Waals surface area contributed by atoms with Crippen molar-refractivity contribution in [2.75, 3.05) is 13.1 Å². The Morgan fingerprint density at radius 2 is 1.64 bits per heavy atom. The van der Waals surface area contributed by atoms with Crippen molar-refractivity contribution < 1.29 is 9.59 Å². The topological polar surface area (TPSA) is 40.6 Å². The Balaban J connectivity index is 1.57. The molecule has 4 nitrogen and oxygen atoms in total. The van der Waals surface area contributed by atoms with Gasteiger partial charge in [0.1, 0.15) is 6.54 Å². The summed E-state index contributed by atoms with van der Waals surface area (Å²) in [6.45, 7) is 7.30. The van der Waals surface area contributed by atoms with E-state index in [9.17, 15) is 9.59 Å². The molecule has 2 aromatic rings. The molecule has 1 aliphatic heterocycles. The lowest BCUT2D eigenvalue weighted by Gasteiger charge is -2.38. The second-order valence-corrected chi connectivity index (χ2v) is 11.3.